The number of hydrogen-bond acceptors (Lipinski definition) is 2. The minimum Gasteiger partial charge on any atom is -0.350 e. The summed E-state index contributed by atoms with van der Waals surface area (Å²) >= 11 is 12.3. The summed E-state index contributed by atoms with van der Waals surface area (Å²) in [4.78, 5) is 14.8. The van der Waals surface area contributed by atoms with Crippen LogP contribution in [0.5, 0.6) is 0 Å². The fraction of sp³-hybridized carbons (Fsp3) is 0.316. The molecule has 3 nitrogen and oxygen atoms in total. The molecule has 0 spiro atoms. The maximum absolute atomic E-state index is 13.2. The van der Waals surface area contributed by atoms with Gasteiger partial charge < -0.3 is 5.32 Å². The van der Waals surface area contributed by atoms with E-state index in [0.717, 1.165) is 37.6 Å². The molecule has 1 fully saturated rings. The van der Waals surface area contributed by atoms with Gasteiger partial charge in [-0.25, -0.2) is 4.39 Å². The van der Waals surface area contributed by atoms with E-state index in [-0.39, 0.29) is 22.5 Å². The Bertz CT molecular complexity index is 763. The highest BCUT2D eigenvalue weighted by atomic mass is 35.5. The Morgan fingerprint density at radius 2 is 1.84 bits per heavy atom. The second kappa shape index (κ2) is 8.17. The summed E-state index contributed by atoms with van der Waals surface area (Å²) in [5.74, 6) is -0.784. The van der Waals surface area contributed by atoms with Gasteiger partial charge in [-0.3, -0.25) is 9.69 Å². The van der Waals surface area contributed by atoms with Crippen molar-refractivity contribution in [3.05, 3.63) is 69.5 Å². The van der Waals surface area contributed by atoms with Crippen molar-refractivity contribution in [2.45, 2.75) is 18.9 Å². The van der Waals surface area contributed by atoms with Crippen LogP contribution >= 0.6 is 23.2 Å². The van der Waals surface area contributed by atoms with Gasteiger partial charge in [0.2, 0.25) is 0 Å². The minimum atomic E-state index is -0.465. The molecule has 1 aliphatic heterocycles. The quantitative estimate of drug-likeness (QED) is 0.814. The lowest BCUT2D eigenvalue weighted by Gasteiger charge is -2.29. The summed E-state index contributed by atoms with van der Waals surface area (Å²) in [5.41, 5.74) is 1.26. The van der Waals surface area contributed by atoms with Gasteiger partial charge in [-0.05, 0) is 55.8 Å². The molecule has 6 heteroatoms. The first kappa shape index (κ1) is 18.2. The van der Waals surface area contributed by atoms with E-state index < -0.39 is 5.82 Å². The molecular weight excluding hydrogens is 362 g/mol. The standard InChI is InChI=1S/C19H19Cl2FN2O/c20-16-6-2-1-5-14(16)18(24-9-3-4-10-24)12-23-19(25)15-8-7-13(22)11-17(15)21/h1-2,5-8,11,18H,3-4,9-10,12H2,(H,23,25). The fourth-order valence-electron chi connectivity index (χ4n) is 3.19. The Balaban J connectivity index is 1.76. The predicted molar refractivity (Wildman–Crippen MR) is 98.7 cm³/mol. The van der Waals surface area contributed by atoms with Gasteiger partial charge in [0.1, 0.15) is 5.82 Å². The lowest BCUT2D eigenvalue weighted by Crippen LogP contribution is -2.37. The molecule has 1 saturated heterocycles. The third-order valence-electron chi connectivity index (χ3n) is 4.48. The Hall–Kier alpha value is -1.62. The van der Waals surface area contributed by atoms with Crippen LogP contribution in [0.2, 0.25) is 10.0 Å². The van der Waals surface area contributed by atoms with Crippen molar-refractivity contribution in [1.29, 1.82) is 0 Å². The van der Waals surface area contributed by atoms with Crippen LogP contribution in [0.1, 0.15) is 34.8 Å². The molecule has 1 heterocycles. The van der Waals surface area contributed by atoms with E-state index in [4.69, 9.17) is 23.2 Å². The van der Waals surface area contributed by atoms with Crippen LogP contribution in [-0.2, 0) is 0 Å². The Morgan fingerprint density at radius 3 is 2.52 bits per heavy atom. The van der Waals surface area contributed by atoms with Crippen LogP contribution in [0.4, 0.5) is 4.39 Å². The summed E-state index contributed by atoms with van der Waals surface area (Å²) in [7, 11) is 0. The first-order valence-corrected chi connectivity index (χ1v) is 9.03. The summed E-state index contributed by atoms with van der Waals surface area (Å²) in [6.45, 7) is 2.36. The Labute approximate surface area is 156 Å². The number of halogens is 3. The van der Waals surface area contributed by atoms with Crippen molar-refractivity contribution in [2.24, 2.45) is 0 Å². The molecule has 0 radical (unpaired) electrons. The molecule has 0 aliphatic carbocycles. The smallest absolute Gasteiger partial charge is 0.252 e. The van der Waals surface area contributed by atoms with Crippen LogP contribution in [0.25, 0.3) is 0 Å². The SMILES string of the molecule is O=C(NCC(c1ccccc1Cl)N1CCCC1)c1ccc(F)cc1Cl. The van der Waals surface area contributed by atoms with Crippen molar-refractivity contribution < 1.29 is 9.18 Å². The monoisotopic (exact) mass is 380 g/mol. The number of nitrogens with one attached hydrogen (secondary N) is 1. The van der Waals surface area contributed by atoms with E-state index >= 15 is 0 Å². The van der Waals surface area contributed by atoms with Crippen LogP contribution in [0, 0.1) is 5.82 Å². The second-order valence-electron chi connectivity index (χ2n) is 6.11. The van der Waals surface area contributed by atoms with E-state index in [1.165, 1.54) is 12.1 Å². The number of likely N-dealkylation sites (tertiary alicyclic amines) is 1. The molecule has 132 valence electrons. The molecule has 3 rings (SSSR count). The van der Waals surface area contributed by atoms with Crippen LogP contribution in [-0.4, -0.2) is 30.4 Å². The van der Waals surface area contributed by atoms with E-state index in [1.54, 1.807) is 0 Å². The maximum atomic E-state index is 13.2. The highest BCUT2D eigenvalue weighted by Crippen LogP contribution is 2.30. The zero-order valence-corrected chi connectivity index (χ0v) is 15.2. The van der Waals surface area contributed by atoms with Crippen LogP contribution < -0.4 is 5.32 Å². The molecule has 0 bridgehead atoms. The number of nitrogens with zero attached hydrogens (tertiary/aromatic N) is 1. The number of carbonyl (C=O) groups excluding carboxylic acids is 1. The molecule has 1 amide bonds. The van der Waals surface area contributed by atoms with Gasteiger partial charge in [0.15, 0.2) is 0 Å². The van der Waals surface area contributed by atoms with E-state index in [9.17, 15) is 9.18 Å². The number of rotatable bonds is 5. The average molecular weight is 381 g/mol. The van der Waals surface area contributed by atoms with Crippen molar-refractivity contribution in [1.82, 2.24) is 10.2 Å². The van der Waals surface area contributed by atoms with Gasteiger partial charge in [0, 0.05) is 11.6 Å². The molecule has 0 aromatic heterocycles. The van der Waals surface area contributed by atoms with E-state index in [0.29, 0.717) is 11.6 Å². The van der Waals surface area contributed by atoms with Crippen molar-refractivity contribution >= 4 is 29.1 Å². The zero-order valence-electron chi connectivity index (χ0n) is 13.6. The molecule has 1 N–H and O–H groups in total. The molecule has 25 heavy (non-hydrogen) atoms. The zero-order chi connectivity index (χ0) is 17.8. The summed E-state index contributed by atoms with van der Waals surface area (Å²) in [6.07, 6.45) is 2.28. The van der Waals surface area contributed by atoms with E-state index in [1.807, 2.05) is 24.3 Å². The number of carbonyl (C=O) groups is 1. The fourth-order valence-corrected chi connectivity index (χ4v) is 3.71. The number of hydrogen-bond donors (Lipinski definition) is 1. The van der Waals surface area contributed by atoms with Gasteiger partial charge in [-0.2, -0.15) is 0 Å². The largest absolute Gasteiger partial charge is 0.350 e. The normalized spacial score (nSPS) is 16.0. The highest BCUT2D eigenvalue weighted by molar-refractivity contribution is 6.33. The Morgan fingerprint density at radius 1 is 1.12 bits per heavy atom. The van der Waals surface area contributed by atoms with Gasteiger partial charge in [-0.15, -0.1) is 0 Å². The third-order valence-corrected chi connectivity index (χ3v) is 5.13. The molecular formula is C19H19Cl2FN2O. The van der Waals surface area contributed by atoms with Crippen molar-refractivity contribution in [2.75, 3.05) is 19.6 Å². The summed E-state index contributed by atoms with van der Waals surface area (Å²) < 4.78 is 13.2. The van der Waals surface area contributed by atoms with E-state index in [2.05, 4.69) is 10.2 Å². The van der Waals surface area contributed by atoms with Gasteiger partial charge in [0.05, 0.1) is 16.6 Å². The molecule has 2 aromatic carbocycles. The molecule has 0 saturated carbocycles. The average Bonchev–Trinajstić information content (AvgIpc) is 3.10. The summed E-state index contributed by atoms with van der Waals surface area (Å²) in [6, 6.07) is 11.5. The van der Waals surface area contributed by atoms with Crippen LogP contribution in [0.15, 0.2) is 42.5 Å². The maximum Gasteiger partial charge on any atom is 0.252 e. The molecule has 1 unspecified atom stereocenters. The third kappa shape index (κ3) is 4.32. The highest BCUT2D eigenvalue weighted by Gasteiger charge is 2.25. The number of benzene rings is 2. The lowest BCUT2D eigenvalue weighted by atomic mass is 10.0. The van der Waals surface area contributed by atoms with Crippen molar-refractivity contribution in [3.63, 3.8) is 0 Å². The topological polar surface area (TPSA) is 32.3 Å². The minimum absolute atomic E-state index is 0.000580. The molecule has 1 aliphatic rings. The molecule has 1 atom stereocenters. The number of amides is 1. The molecule has 2 aromatic rings. The predicted octanol–water partition coefficient (Wildman–Crippen LogP) is 4.70. The van der Waals surface area contributed by atoms with Gasteiger partial charge in [-0.1, -0.05) is 41.4 Å². The summed E-state index contributed by atoms with van der Waals surface area (Å²) in [5, 5.41) is 3.71. The van der Waals surface area contributed by atoms with Gasteiger partial charge >= 0.3 is 0 Å². The van der Waals surface area contributed by atoms with Crippen molar-refractivity contribution in [3.8, 4) is 0 Å². The van der Waals surface area contributed by atoms with Crippen LogP contribution in [0.3, 0.4) is 0 Å². The first-order valence-electron chi connectivity index (χ1n) is 8.28. The van der Waals surface area contributed by atoms with Gasteiger partial charge in [0.25, 0.3) is 5.91 Å². The second-order valence-corrected chi connectivity index (χ2v) is 6.93. The first-order chi connectivity index (χ1) is 12.1. The Kier molecular flexibility index (Phi) is 5.94. The lowest BCUT2D eigenvalue weighted by molar-refractivity contribution is 0.0938.